The standard InChI is InChI=1S/C18H35N5O/c1-5-7-13-24-14-9-11-21-18(19-6-2)20-10-8-12-23-17(4)15-16(3)22-23/h15H,5-14H2,1-4H3,(H2,19,20,21). The van der Waals surface area contributed by atoms with Crippen molar-refractivity contribution >= 4 is 5.96 Å². The minimum Gasteiger partial charge on any atom is -0.381 e. The molecule has 0 radical (unpaired) electrons. The smallest absolute Gasteiger partial charge is 0.191 e. The molecule has 138 valence electrons. The van der Waals surface area contributed by atoms with Gasteiger partial charge in [0.2, 0.25) is 0 Å². The van der Waals surface area contributed by atoms with Crippen molar-refractivity contribution in [3.8, 4) is 0 Å². The second-order valence-corrected chi connectivity index (χ2v) is 6.01. The third-order valence-corrected chi connectivity index (χ3v) is 3.65. The molecule has 0 aliphatic rings. The number of guanidine groups is 1. The monoisotopic (exact) mass is 337 g/mol. The lowest BCUT2D eigenvalue weighted by Gasteiger charge is -2.11. The number of hydrogen-bond acceptors (Lipinski definition) is 3. The Morgan fingerprint density at radius 2 is 1.96 bits per heavy atom. The van der Waals surface area contributed by atoms with E-state index in [9.17, 15) is 0 Å². The normalized spacial score (nSPS) is 11.8. The van der Waals surface area contributed by atoms with Gasteiger partial charge in [0.15, 0.2) is 5.96 Å². The van der Waals surface area contributed by atoms with Crippen LogP contribution in [0.2, 0.25) is 0 Å². The number of aromatic nitrogens is 2. The minimum absolute atomic E-state index is 0.792. The molecule has 0 bridgehead atoms. The van der Waals surface area contributed by atoms with Gasteiger partial charge in [-0.05, 0) is 46.1 Å². The molecule has 6 heteroatoms. The van der Waals surface area contributed by atoms with Crippen LogP contribution in [0.5, 0.6) is 0 Å². The SMILES string of the molecule is CCCCOCCCNC(=NCCCn1nc(C)cc1C)NCC. The van der Waals surface area contributed by atoms with Crippen LogP contribution < -0.4 is 10.6 Å². The second-order valence-electron chi connectivity index (χ2n) is 6.01. The number of nitrogens with one attached hydrogen (secondary N) is 2. The van der Waals surface area contributed by atoms with E-state index in [-0.39, 0.29) is 0 Å². The maximum absolute atomic E-state index is 5.57. The summed E-state index contributed by atoms with van der Waals surface area (Å²) in [5.41, 5.74) is 2.29. The van der Waals surface area contributed by atoms with Crippen molar-refractivity contribution in [1.29, 1.82) is 0 Å². The first-order chi connectivity index (χ1) is 11.7. The predicted octanol–water partition coefficient (Wildman–Crippen LogP) is 2.65. The summed E-state index contributed by atoms with van der Waals surface area (Å²) in [4.78, 5) is 4.62. The van der Waals surface area contributed by atoms with Gasteiger partial charge in [0.1, 0.15) is 0 Å². The molecule has 0 spiro atoms. The molecule has 6 nitrogen and oxygen atoms in total. The molecule has 1 rings (SSSR count). The zero-order valence-corrected chi connectivity index (χ0v) is 15.9. The quantitative estimate of drug-likeness (QED) is 0.350. The zero-order valence-electron chi connectivity index (χ0n) is 15.9. The summed E-state index contributed by atoms with van der Waals surface area (Å²) in [5, 5.41) is 11.1. The van der Waals surface area contributed by atoms with Crippen molar-refractivity contribution < 1.29 is 4.74 Å². The molecule has 0 aromatic carbocycles. The summed E-state index contributed by atoms with van der Waals surface area (Å²) in [7, 11) is 0. The molecule has 1 aromatic heterocycles. The molecule has 0 saturated heterocycles. The maximum Gasteiger partial charge on any atom is 0.191 e. The molecule has 24 heavy (non-hydrogen) atoms. The highest BCUT2D eigenvalue weighted by molar-refractivity contribution is 5.79. The Kier molecular flexibility index (Phi) is 10.9. The van der Waals surface area contributed by atoms with E-state index in [4.69, 9.17) is 4.74 Å². The fourth-order valence-corrected chi connectivity index (χ4v) is 2.38. The van der Waals surface area contributed by atoms with Crippen molar-refractivity contribution in [2.24, 2.45) is 4.99 Å². The maximum atomic E-state index is 5.57. The van der Waals surface area contributed by atoms with Crippen LogP contribution in [0.3, 0.4) is 0 Å². The van der Waals surface area contributed by atoms with Crippen LogP contribution in [-0.4, -0.2) is 48.6 Å². The molecule has 0 aliphatic carbocycles. The molecule has 1 aromatic rings. The van der Waals surface area contributed by atoms with Gasteiger partial charge in [-0.25, -0.2) is 0 Å². The number of hydrogen-bond donors (Lipinski definition) is 2. The molecular weight excluding hydrogens is 302 g/mol. The van der Waals surface area contributed by atoms with Crippen LogP contribution in [-0.2, 0) is 11.3 Å². The number of ether oxygens (including phenoxy) is 1. The first kappa shape index (κ1) is 20.5. The third-order valence-electron chi connectivity index (χ3n) is 3.65. The van der Waals surface area contributed by atoms with E-state index >= 15 is 0 Å². The van der Waals surface area contributed by atoms with Gasteiger partial charge < -0.3 is 15.4 Å². The van der Waals surface area contributed by atoms with Gasteiger partial charge in [0, 0.05) is 45.1 Å². The molecule has 0 unspecified atom stereocenters. The predicted molar refractivity (Wildman–Crippen MR) is 101 cm³/mol. The van der Waals surface area contributed by atoms with Gasteiger partial charge >= 0.3 is 0 Å². The molecule has 0 fully saturated rings. The van der Waals surface area contributed by atoms with E-state index in [2.05, 4.69) is 52.2 Å². The Morgan fingerprint density at radius 3 is 2.62 bits per heavy atom. The van der Waals surface area contributed by atoms with Crippen LogP contribution in [0.1, 0.15) is 50.9 Å². The number of aliphatic imine (C=N–C) groups is 1. The average Bonchev–Trinajstić information content (AvgIpc) is 2.88. The van der Waals surface area contributed by atoms with Gasteiger partial charge in [0.05, 0.1) is 5.69 Å². The van der Waals surface area contributed by atoms with E-state index in [0.717, 1.165) is 70.3 Å². The molecule has 2 N–H and O–H groups in total. The van der Waals surface area contributed by atoms with Gasteiger partial charge in [0.25, 0.3) is 0 Å². The lowest BCUT2D eigenvalue weighted by molar-refractivity contribution is 0.129. The van der Waals surface area contributed by atoms with Crippen molar-refractivity contribution in [3.05, 3.63) is 17.5 Å². The highest BCUT2D eigenvalue weighted by Gasteiger charge is 2.00. The van der Waals surface area contributed by atoms with E-state index in [1.807, 2.05) is 6.92 Å². The average molecular weight is 338 g/mol. The first-order valence-corrected chi connectivity index (χ1v) is 9.28. The topological polar surface area (TPSA) is 63.5 Å². The second kappa shape index (κ2) is 12.8. The fourth-order valence-electron chi connectivity index (χ4n) is 2.38. The zero-order chi connectivity index (χ0) is 17.6. The molecular formula is C18H35N5O. The summed E-state index contributed by atoms with van der Waals surface area (Å²) in [6.45, 7) is 13.5. The Morgan fingerprint density at radius 1 is 1.17 bits per heavy atom. The Labute approximate surface area is 147 Å². The Bertz CT molecular complexity index is 470. The summed E-state index contributed by atoms with van der Waals surface area (Å²) in [6.07, 6.45) is 4.32. The van der Waals surface area contributed by atoms with E-state index < -0.39 is 0 Å². The van der Waals surface area contributed by atoms with Gasteiger partial charge in [-0.3, -0.25) is 9.67 Å². The highest BCUT2D eigenvalue weighted by atomic mass is 16.5. The van der Waals surface area contributed by atoms with Crippen LogP contribution in [0.25, 0.3) is 0 Å². The molecule has 1 heterocycles. The third kappa shape index (κ3) is 8.91. The lowest BCUT2D eigenvalue weighted by Crippen LogP contribution is -2.38. The van der Waals surface area contributed by atoms with E-state index in [1.54, 1.807) is 0 Å². The molecule has 0 amide bonds. The molecule has 0 aliphatic heterocycles. The lowest BCUT2D eigenvalue weighted by atomic mass is 10.4. The Balaban J connectivity index is 2.20. The molecule has 0 atom stereocenters. The van der Waals surface area contributed by atoms with E-state index in [0.29, 0.717) is 0 Å². The summed E-state index contributed by atoms with van der Waals surface area (Å²) >= 11 is 0. The number of aryl methyl sites for hydroxylation is 3. The van der Waals surface area contributed by atoms with E-state index in [1.165, 1.54) is 12.1 Å². The van der Waals surface area contributed by atoms with Crippen molar-refractivity contribution in [1.82, 2.24) is 20.4 Å². The van der Waals surface area contributed by atoms with Crippen LogP contribution >= 0.6 is 0 Å². The summed E-state index contributed by atoms with van der Waals surface area (Å²) in [6, 6.07) is 2.11. The fraction of sp³-hybridized carbons (Fsp3) is 0.778. The Hall–Kier alpha value is -1.56. The van der Waals surface area contributed by atoms with Crippen LogP contribution in [0.15, 0.2) is 11.1 Å². The van der Waals surface area contributed by atoms with Gasteiger partial charge in [-0.1, -0.05) is 13.3 Å². The van der Waals surface area contributed by atoms with Crippen molar-refractivity contribution in [3.63, 3.8) is 0 Å². The summed E-state index contributed by atoms with van der Waals surface area (Å²) in [5.74, 6) is 0.888. The highest BCUT2D eigenvalue weighted by Crippen LogP contribution is 2.02. The number of unbranched alkanes of at least 4 members (excludes halogenated alkanes) is 1. The van der Waals surface area contributed by atoms with Crippen LogP contribution in [0.4, 0.5) is 0 Å². The van der Waals surface area contributed by atoms with Gasteiger partial charge in [-0.2, -0.15) is 5.10 Å². The van der Waals surface area contributed by atoms with Gasteiger partial charge in [-0.15, -0.1) is 0 Å². The number of nitrogens with zero attached hydrogens (tertiary/aromatic N) is 3. The largest absolute Gasteiger partial charge is 0.381 e. The first-order valence-electron chi connectivity index (χ1n) is 9.28. The van der Waals surface area contributed by atoms with Crippen molar-refractivity contribution in [2.75, 3.05) is 32.8 Å². The molecule has 0 saturated carbocycles. The van der Waals surface area contributed by atoms with Crippen molar-refractivity contribution in [2.45, 2.75) is 59.9 Å². The summed E-state index contributed by atoms with van der Waals surface area (Å²) < 4.78 is 7.62. The minimum atomic E-state index is 0.792. The number of rotatable bonds is 12. The van der Waals surface area contributed by atoms with Crippen LogP contribution in [0, 0.1) is 13.8 Å².